The summed E-state index contributed by atoms with van der Waals surface area (Å²) < 4.78 is 5.28. The smallest absolute Gasteiger partial charge is 0.292 e. The van der Waals surface area contributed by atoms with Crippen LogP contribution in [-0.2, 0) is 0 Å². The zero-order chi connectivity index (χ0) is 20.3. The Labute approximate surface area is 167 Å². The number of carbonyl (C=O) groups excluding carboxylic acids is 1. The number of benzene rings is 2. The van der Waals surface area contributed by atoms with Crippen molar-refractivity contribution in [3.8, 4) is 5.75 Å². The van der Waals surface area contributed by atoms with Crippen LogP contribution in [0.25, 0.3) is 0 Å². The Morgan fingerprint density at radius 1 is 1.18 bits per heavy atom. The molecule has 0 radical (unpaired) electrons. The standard InChI is InChI=1S/C19H21ClN4O4/c1-21-16-12-14(4-5-17(16)24(26)27)22-7-9-23(10-8-22)19(25)15-11-13(20)3-6-18(15)28-2/h3-6,11-12,21H,7-10H2,1-2H3. The Bertz CT molecular complexity index is 897. The Morgan fingerprint density at radius 3 is 2.50 bits per heavy atom. The summed E-state index contributed by atoms with van der Waals surface area (Å²) in [6.45, 7) is 2.30. The van der Waals surface area contributed by atoms with E-state index >= 15 is 0 Å². The number of carbonyl (C=O) groups is 1. The normalized spacial score (nSPS) is 14.0. The van der Waals surface area contributed by atoms with E-state index in [1.165, 1.54) is 13.2 Å². The number of nitrogens with one attached hydrogen (secondary N) is 1. The highest BCUT2D eigenvalue weighted by Gasteiger charge is 2.25. The molecule has 1 fully saturated rings. The van der Waals surface area contributed by atoms with E-state index in [0.29, 0.717) is 48.2 Å². The number of methoxy groups -OCH3 is 1. The second-order valence-electron chi connectivity index (χ2n) is 6.33. The zero-order valence-corrected chi connectivity index (χ0v) is 16.4. The van der Waals surface area contributed by atoms with Crippen molar-refractivity contribution in [1.29, 1.82) is 0 Å². The maximum absolute atomic E-state index is 12.9. The Hall–Kier alpha value is -3.00. The number of nitro benzene ring substituents is 1. The molecule has 148 valence electrons. The minimum atomic E-state index is -0.412. The Morgan fingerprint density at radius 2 is 1.89 bits per heavy atom. The minimum absolute atomic E-state index is 0.0353. The molecule has 1 heterocycles. The van der Waals surface area contributed by atoms with Crippen molar-refractivity contribution in [3.05, 3.63) is 57.1 Å². The molecule has 2 aromatic carbocycles. The third-order valence-corrected chi connectivity index (χ3v) is 5.01. The molecular weight excluding hydrogens is 384 g/mol. The van der Waals surface area contributed by atoms with Gasteiger partial charge >= 0.3 is 0 Å². The van der Waals surface area contributed by atoms with Gasteiger partial charge in [0.05, 0.1) is 17.6 Å². The van der Waals surface area contributed by atoms with Crippen LogP contribution in [0.2, 0.25) is 5.02 Å². The van der Waals surface area contributed by atoms with Crippen molar-refractivity contribution < 1.29 is 14.5 Å². The van der Waals surface area contributed by atoms with Gasteiger partial charge in [0.15, 0.2) is 0 Å². The molecule has 8 nitrogen and oxygen atoms in total. The molecule has 0 aromatic heterocycles. The number of hydrogen-bond acceptors (Lipinski definition) is 6. The third-order valence-electron chi connectivity index (χ3n) is 4.77. The van der Waals surface area contributed by atoms with E-state index < -0.39 is 4.92 Å². The van der Waals surface area contributed by atoms with Gasteiger partial charge in [-0.05, 0) is 30.3 Å². The summed E-state index contributed by atoms with van der Waals surface area (Å²) in [5.74, 6) is 0.365. The lowest BCUT2D eigenvalue weighted by molar-refractivity contribution is -0.383. The molecule has 28 heavy (non-hydrogen) atoms. The lowest BCUT2D eigenvalue weighted by Gasteiger charge is -2.36. The van der Waals surface area contributed by atoms with E-state index in [2.05, 4.69) is 10.2 Å². The van der Waals surface area contributed by atoms with E-state index in [1.54, 1.807) is 42.3 Å². The number of hydrogen-bond donors (Lipinski definition) is 1. The average molecular weight is 405 g/mol. The fourth-order valence-corrected chi connectivity index (χ4v) is 3.44. The quantitative estimate of drug-likeness (QED) is 0.608. The molecule has 0 saturated carbocycles. The number of nitrogens with zero attached hydrogens (tertiary/aromatic N) is 3. The molecule has 0 spiro atoms. The summed E-state index contributed by atoms with van der Waals surface area (Å²) in [5, 5.41) is 14.4. The zero-order valence-electron chi connectivity index (χ0n) is 15.6. The topological polar surface area (TPSA) is 88.0 Å². The second-order valence-corrected chi connectivity index (χ2v) is 6.77. The van der Waals surface area contributed by atoms with Crippen molar-refractivity contribution in [3.63, 3.8) is 0 Å². The van der Waals surface area contributed by atoms with Crippen molar-refractivity contribution >= 4 is 34.6 Å². The third kappa shape index (κ3) is 3.96. The molecule has 0 bridgehead atoms. The van der Waals surface area contributed by atoms with Gasteiger partial charge in [-0.2, -0.15) is 0 Å². The van der Waals surface area contributed by atoms with Gasteiger partial charge in [0, 0.05) is 50.0 Å². The first-order valence-electron chi connectivity index (χ1n) is 8.78. The number of rotatable bonds is 5. The van der Waals surface area contributed by atoms with Crippen LogP contribution < -0.4 is 15.0 Å². The van der Waals surface area contributed by atoms with Gasteiger partial charge in [-0.15, -0.1) is 0 Å². The summed E-state index contributed by atoms with van der Waals surface area (Å²) in [6.07, 6.45) is 0. The number of anilines is 2. The monoisotopic (exact) mass is 404 g/mol. The van der Waals surface area contributed by atoms with E-state index in [1.807, 2.05) is 0 Å². The molecule has 3 rings (SSSR count). The van der Waals surface area contributed by atoms with Crippen molar-refractivity contribution in [2.45, 2.75) is 0 Å². The van der Waals surface area contributed by atoms with Crippen LogP contribution in [0.3, 0.4) is 0 Å². The largest absolute Gasteiger partial charge is 0.496 e. The van der Waals surface area contributed by atoms with Gasteiger partial charge in [-0.25, -0.2) is 0 Å². The van der Waals surface area contributed by atoms with E-state index in [0.717, 1.165) is 5.69 Å². The van der Waals surface area contributed by atoms with Gasteiger partial charge in [-0.3, -0.25) is 14.9 Å². The van der Waals surface area contributed by atoms with Gasteiger partial charge in [-0.1, -0.05) is 11.6 Å². The molecule has 1 N–H and O–H groups in total. The number of amides is 1. The van der Waals surface area contributed by atoms with E-state index in [4.69, 9.17) is 16.3 Å². The predicted molar refractivity (Wildman–Crippen MR) is 109 cm³/mol. The average Bonchev–Trinajstić information content (AvgIpc) is 2.72. The predicted octanol–water partition coefficient (Wildman–Crippen LogP) is 3.26. The van der Waals surface area contributed by atoms with Crippen LogP contribution >= 0.6 is 11.6 Å². The Kier molecular flexibility index (Phi) is 5.89. The highest BCUT2D eigenvalue weighted by Crippen LogP contribution is 2.30. The molecule has 1 saturated heterocycles. The fraction of sp³-hybridized carbons (Fsp3) is 0.316. The van der Waals surface area contributed by atoms with Crippen LogP contribution in [0.5, 0.6) is 5.75 Å². The highest BCUT2D eigenvalue weighted by atomic mass is 35.5. The molecule has 1 aliphatic rings. The summed E-state index contributed by atoms with van der Waals surface area (Å²) in [4.78, 5) is 27.4. The number of nitro groups is 1. The first-order valence-corrected chi connectivity index (χ1v) is 9.16. The van der Waals surface area contributed by atoms with Crippen LogP contribution in [0, 0.1) is 10.1 Å². The fourth-order valence-electron chi connectivity index (χ4n) is 3.27. The van der Waals surface area contributed by atoms with Gasteiger partial charge in [0.2, 0.25) is 0 Å². The van der Waals surface area contributed by atoms with Crippen molar-refractivity contribution in [2.75, 3.05) is 50.6 Å². The SMILES string of the molecule is CNc1cc(N2CCN(C(=O)c3cc(Cl)ccc3OC)CC2)ccc1[N+](=O)[O-]. The maximum Gasteiger partial charge on any atom is 0.292 e. The number of halogens is 1. The van der Waals surface area contributed by atoms with Crippen LogP contribution in [0.4, 0.5) is 17.1 Å². The van der Waals surface area contributed by atoms with Crippen LogP contribution in [0.15, 0.2) is 36.4 Å². The molecule has 0 unspecified atom stereocenters. The molecule has 0 atom stereocenters. The van der Waals surface area contributed by atoms with Gasteiger partial charge < -0.3 is 19.9 Å². The van der Waals surface area contributed by atoms with Gasteiger partial charge in [0.25, 0.3) is 11.6 Å². The van der Waals surface area contributed by atoms with E-state index in [-0.39, 0.29) is 11.6 Å². The van der Waals surface area contributed by atoms with Crippen molar-refractivity contribution in [1.82, 2.24) is 4.90 Å². The number of ether oxygens (including phenoxy) is 1. The summed E-state index contributed by atoms with van der Waals surface area (Å²) >= 11 is 6.04. The summed E-state index contributed by atoms with van der Waals surface area (Å²) in [7, 11) is 3.17. The van der Waals surface area contributed by atoms with E-state index in [9.17, 15) is 14.9 Å². The van der Waals surface area contributed by atoms with Crippen LogP contribution in [-0.4, -0.2) is 56.1 Å². The van der Waals surface area contributed by atoms with Crippen molar-refractivity contribution in [2.24, 2.45) is 0 Å². The molecule has 9 heteroatoms. The highest BCUT2D eigenvalue weighted by molar-refractivity contribution is 6.31. The van der Waals surface area contributed by atoms with Crippen LogP contribution in [0.1, 0.15) is 10.4 Å². The summed E-state index contributed by atoms with van der Waals surface area (Å²) in [6, 6.07) is 9.97. The molecule has 0 aliphatic carbocycles. The Balaban J connectivity index is 1.72. The maximum atomic E-state index is 12.9. The number of piperazine rings is 1. The molecular formula is C19H21ClN4O4. The molecule has 1 amide bonds. The van der Waals surface area contributed by atoms with Gasteiger partial charge in [0.1, 0.15) is 11.4 Å². The second kappa shape index (κ2) is 8.35. The molecule has 2 aromatic rings. The molecule has 1 aliphatic heterocycles. The first kappa shape index (κ1) is 19.8. The minimum Gasteiger partial charge on any atom is -0.496 e. The first-order chi connectivity index (χ1) is 13.4. The summed E-state index contributed by atoms with van der Waals surface area (Å²) in [5.41, 5.74) is 1.82. The lowest BCUT2D eigenvalue weighted by Crippen LogP contribution is -2.48. The lowest BCUT2D eigenvalue weighted by atomic mass is 10.1.